The van der Waals surface area contributed by atoms with Crippen molar-refractivity contribution in [1.29, 1.82) is 0 Å². The predicted octanol–water partition coefficient (Wildman–Crippen LogP) is -0.325. The van der Waals surface area contributed by atoms with Crippen LogP contribution in [0.2, 0.25) is 0 Å². The van der Waals surface area contributed by atoms with Crippen molar-refractivity contribution in [3.8, 4) is 0 Å². The van der Waals surface area contributed by atoms with Crippen LogP contribution in [0.4, 0.5) is 5.69 Å². The van der Waals surface area contributed by atoms with E-state index in [4.69, 9.17) is 0 Å². The number of amides is 1. The van der Waals surface area contributed by atoms with Crippen LogP contribution in [-0.2, 0) is 11.8 Å². The zero-order valence-corrected chi connectivity index (χ0v) is 13.6. The molecule has 0 bridgehead atoms. The lowest BCUT2D eigenvalue weighted by Gasteiger charge is -2.19. The first-order valence-electron chi connectivity index (χ1n) is 7.73. The Morgan fingerprint density at radius 3 is 3.00 bits per heavy atom. The molecule has 22 heavy (non-hydrogen) atoms. The van der Waals surface area contributed by atoms with E-state index < -0.39 is 0 Å². The topological polar surface area (TPSA) is 70.5 Å². The fourth-order valence-corrected chi connectivity index (χ4v) is 2.54. The Balaban J connectivity index is 1.81. The van der Waals surface area contributed by atoms with Gasteiger partial charge >= 0.3 is 0 Å². The largest absolute Gasteiger partial charge is 0.370 e. The lowest BCUT2D eigenvalue weighted by Crippen LogP contribution is -2.38. The number of aryl methyl sites for hydroxylation is 1. The van der Waals surface area contributed by atoms with Gasteiger partial charge in [-0.25, -0.2) is 4.68 Å². The van der Waals surface area contributed by atoms with E-state index in [0.29, 0.717) is 19.0 Å². The van der Waals surface area contributed by atoms with Gasteiger partial charge in [-0.3, -0.25) is 14.5 Å². The second-order valence-corrected chi connectivity index (χ2v) is 5.91. The monoisotopic (exact) mass is 307 g/mol. The molecule has 1 aromatic heterocycles. The molecule has 7 nitrogen and oxygen atoms in total. The van der Waals surface area contributed by atoms with Gasteiger partial charge in [0.15, 0.2) is 0 Å². The molecule has 2 heterocycles. The number of nitrogens with one attached hydrogen (secondary N) is 1. The molecule has 1 unspecified atom stereocenters. The van der Waals surface area contributed by atoms with Crippen molar-refractivity contribution in [2.75, 3.05) is 44.7 Å². The maximum Gasteiger partial charge on any atom is 0.268 e. The van der Waals surface area contributed by atoms with Gasteiger partial charge in [0, 0.05) is 32.7 Å². The summed E-state index contributed by atoms with van der Waals surface area (Å²) >= 11 is 0. The first-order chi connectivity index (χ1) is 10.5. The maximum atomic E-state index is 11.8. The summed E-state index contributed by atoms with van der Waals surface area (Å²) in [6.45, 7) is 5.75. The van der Waals surface area contributed by atoms with Crippen molar-refractivity contribution < 1.29 is 4.79 Å². The average molecular weight is 307 g/mol. The molecule has 0 aliphatic carbocycles. The van der Waals surface area contributed by atoms with Crippen LogP contribution in [0.3, 0.4) is 0 Å². The van der Waals surface area contributed by atoms with E-state index >= 15 is 0 Å². The number of carbonyl (C=O) groups excluding carboxylic acids is 1. The van der Waals surface area contributed by atoms with Crippen LogP contribution in [0.1, 0.15) is 13.3 Å². The minimum absolute atomic E-state index is 0.0676. The molecular weight excluding hydrogens is 282 g/mol. The van der Waals surface area contributed by atoms with Crippen molar-refractivity contribution in [1.82, 2.24) is 20.0 Å². The molecule has 1 aromatic rings. The number of nitrogens with zero attached hydrogens (tertiary/aromatic N) is 4. The molecule has 1 fully saturated rings. The molecule has 1 saturated heterocycles. The van der Waals surface area contributed by atoms with E-state index in [1.807, 2.05) is 18.9 Å². The molecular formula is C15H25N5O2. The summed E-state index contributed by atoms with van der Waals surface area (Å²) in [4.78, 5) is 27.5. The first kappa shape index (κ1) is 16.5. The standard InChI is InChI=1S/C15H25N5O2/c1-4-18(2)11-14(21)16-8-12-5-6-20(10-12)13-7-15(22)19(3)17-9-13/h7,9,12H,4-6,8,10-11H2,1-3H3,(H,16,21). The highest BCUT2D eigenvalue weighted by Crippen LogP contribution is 2.21. The lowest BCUT2D eigenvalue weighted by atomic mass is 10.1. The van der Waals surface area contributed by atoms with E-state index in [9.17, 15) is 9.59 Å². The molecule has 122 valence electrons. The molecule has 1 aliphatic rings. The summed E-state index contributed by atoms with van der Waals surface area (Å²) in [5.74, 6) is 0.484. The minimum Gasteiger partial charge on any atom is -0.370 e. The highest BCUT2D eigenvalue weighted by atomic mass is 16.2. The zero-order valence-electron chi connectivity index (χ0n) is 13.6. The van der Waals surface area contributed by atoms with Gasteiger partial charge in [-0.2, -0.15) is 5.10 Å². The van der Waals surface area contributed by atoms with Gasteiger partial charge in [0.1, 0.15) is 0 Å². The second-order valence-electron chi connectivity index (χ2n) is 5.91. The molecule has 1 N–H and O–H groups in total. The smallest absolute Gasteiger partial charge is 0.268 e. The molecule has 0 aromatic carbocycles. The van der Waals surface area contributed by atoms with Crippen molar-refractivity contribution >= 4 is 11.6 Å². The molecule has 1 atom stereocenters. The van der Waals surface area contributed by atoms with Crippen LogP contribution < -0.4 is 15.8 Å². The Morgan fingerprint density at radius 1 is 1.55 bits per heavy atom. The third-order valence-corrected chi connectivity index (χ3v) is 4.15. The second kappa shape index (κ2) is 7.40. The third kappa shape index (κ3) is 4.30. The predicted molar refractivity (Wildman–Crippen MR) is 86.0 cm³/mol. The van der Waals surface area contributed by atoms with E-state index in [1.54, 1.807) is 19.3 Å². The number of rotatable bonds is 6. The Morgan fingerprint density at radius 2 is 2.32 bits per heavy atom. The average Bonchev–Trinajstić information content (AvgIpc) is 2.96. The maximum absolute atomic E-state index is 11.8. The molecule has 7 heteroatoms. The number of aromatic nitrogens is 2. The summed E-state index contributed by atoms with van der Waals surface area (Å²) in [6, 6.07) is 1.62. The first-order valence-corrected chi connectivity index (χ1v) is 7.73. The SMILES string of the molecule is CCN(C)CC(=O)NCC1CCN(c2cnn(C)c(=O)c2)C1. The van der Waals surface area contributed by atoms with Crippen LogP contribution in [0.5, 0.6) is 0 Å². The third-order valence-electron chi connectivity index (χ3n) is 4.15. The number of hydrogen-bond acceptors (Lipinski definition) is 5. The summed E-state index contributed by atoms with van der Waals surface area (Å²) in [5.41, 5.74) is 0.763. The number of anilines is 1. The van der Waals surface area contributed by atoms with Crippen LogP contribution in [0, 0.1) is 5.92 Å². The summed E-state index contributed by atoms with van der Waals surface area (Å²) in [6.07, 6.45) is 2.73. The van der Waals surface area contributed by atoms with E-state index in [0.717, 1.165) is 31.7 Å². The van der Waals surface area contributed by atoms with Gasteiger partial charge in [-0.05, 0) is 25.9 Å². The van der Waals surface area contributed by atoms with Gasteiger partial charge in [-0.1, -0.05) is 6.92 Å². The number of hydrogen-bond donors (Lipinski definition) is 1. The molecule has 1 aliphatic heterocycles. The number of likely N-dealkylation sites (N-methyl/N-ethyl adjacent to an activating group) is 1. The van der Waals surface area contributed by atoms with Gasteiger partial charge < -0.3 is 10.2 Å². The van der Waals surface area contributed by atoms with E-state index in [2.05, 4.69) is 15.3 Å². The molecule has 0 spiro atoms. The zero-order chi connectivity index (χ0) is 16.1. The Bertz CT molecular complexity index is 571. The minimum atomic E-state index is -0.100. The Kier molecular flexibility index (Phi) is 5.54. The fourth-order valence-electron chi connectivity index (χ4n) is 2.54. The van der Waals surface area contributed by atoms with E-state index in [-0.39, 0.29) is 11.5 Å². The summed E-state index contributed by atoms with van der Waals surface area (Å²) in [5, 5.41) is 7.05. The van der Waals surface area contributed by atoms with Gasteiger partial charge in [0.25, 0.3) is 5.56 Å². The van der Waals surface area contributed by atoms with Crippen LogP contribution >= 0.6 is 0 Å². The summed E-state index contributed by atoms with van der Waals surface area (Å²) in [7, 11) is 3.57. The van der Waals surface area contributed by atoms with Crippen molar-refractivity contribution in [3.63, 3.8) is 0 Å². The normalized spacial score (nSPS) is 18.0. The van der Waals surface area contributed by atoms with Gasteiger partial charge in [-0.15, -0.1) is 0 Å². The fraction of sp³-hybridized carbons (Fsp3) is 0.667. The molecule has 2 rings (SSSR count). The van der Waals surface area contributed by atoms with Crippen molar-refractivity contribution in [2.45, 2.75) is 13.3 Å². The van der Waals surface area contributed by atoms with Gasteiger partial charge in [0.2, 0.25) is 5.91 Å². The molecule has 0 saturated carbocycles. The lowest BCUT2D eigenvalue weighted by molar-refractivity contribution is -0.122. The highest BCUT2D eigenvalue weighted by molar-refractivity contribution is 5.77. The summed E-state index contributed by atoms with van der Waals surface area (Å²) < 4.78 is 1.32. The van der Waals surface area contributed by atoms with Crippen molar-refractivity contribution in [3.05, 3.63) is 22.6 Å². The Labute approximate surface area is 130 Å². The van der Waals surface area contributed by atoms with Gasteiger partial charge in [0.05, 0.1) is 18.4 Å². The van der Waals surface area contributed by atoms with Crippen LogP contribution in [0.15, 0.2) is 17.1 Å². The van der Waals surface area contributed by atoms with E-state index in [1.165, 1.54) is 4.68 Å². The molecule has 0 radical (unpaired) electrons. The highest BCUT2D eigenvalue weighted by Gasteiger charge is 2.23. The Hall–Kier alpha value is -1.89. The van der Waals surface area contributed by atoms with Crippen LogP contribution in [0.25, 0.3) is 0 Å². The molecule has 1 amide bonds. The number of carbonyl (C=O) groups is 1. The quantitative estimate of drug-likeness (QED) is 0.779. The van der Waals surface area contributed by atoms with Crippen LogP contribution in [-0.4, -0.2) is 60.4 Å². The van der Waals surface area contributed by atoms with Crippen molar-refractivity contribution in [2.24, 2.45) is 13.0 Å².